The molecule has 0 amide bonds. The first kappa shape index (κ1) is 13.8. The minimum atomic E-state index is -1.24. The molecule has 0 aromatic carbocycles. The molecule has 0 spiro atoms. The third kappa shape index (κ3) is 2.43. The van der Waals surface area contributed by atoms with Gasteiger partial charge in [0.2, 0.25) is 0 Å². The van der Waals surface area contributed by atoms with E-state index in [0.29, 0.717) is 6.42 Å². The van der Waals surface area contributed by atoms with Gasteiger partial charge in [0.1, 0.15) is 12.2 Å². The molecule has 0 radical (unpaired) electrons. The standard InChI is InChI=1S/C8H16O5.CH4/c1-13-5-2-4(3-9)6(10)8(12)7(5)11;/h4-12H,2-3H2,1H3;1H4. The highest BCUT2D eigenvalue weighted by atomic mass is 16.5. The second-order valence-corrected chi connectivity index (χ2v) is 3.42. The molecule has 86 valence electrons. The first-order valence-corrected chi connectivity index (χ1v) is 4.29. The highest BCUT2D eigenvalue weighted by molar-refractivity contribution is 4.92. The van der Waals surface area contributed by atoms with Gasteiger partial charge in [0.25, 0.3) is 0 Å². The van der Waals surface area contributed by atoms with Crippen LogP contribution in [-0.2, 0) is 4.74 Å². The van der Waals surface area contributed by atoms with Gasteiger partial charge in [-0.2, -0.15) is 0 Å². The molecule has 1 aliphatic carbocycles. The third-order valence-electron chi connectivity index (χ3n) is 2.64. The lowest BCUT2D eigenvalue weighted by atomic mass is 9.81. The van der Waals surface area contributed by atoms with E-state index in [9.17, 15) is 15.3 Å². The van der Waals surface area contributed by atoms with Crippen molar-refractivity contribution in [1.29, 1.82) is 0 Å². The number of hydrogen-bond donors (Lipinski definition) is 4. The van der Waals surface area contributed by atoms with Crippen molar-refractivity contribution in [2.45, 2.75) is 38.3 Å². The summed E-state index contributed by atoms with van der Waals surface area (Å²) < 4.78 is 4.92. The molecule has 14 heavy (non-hydrogen) atoms. The van der Waals surface area contributed by atoms with Crippen LogP contribution in [0.4, 0.5) is 0 Å². The zero-order valence-electron chi connectivity index (χ0n) is 7.50. The number of aliphatic hydroxyl groups excluding tert-OH is 4. The highest BCUT2D eigenvalue weighted by Crippen LogP contribution is 2.26. The van der Waals surface area contributed by atoms with E-state index in [2.05, 4.69) is 0 Å². The molecule has 1 rings (SSSR count). The Morgan fingerprint density at radius 2 is 1.71 bits per heavy atom. The SMILES string of the molecule is C.COC1CC(CO)C(O)C(O)C1O. The summed E-state index contributed by atoms with van der Waals surface area (Å²) in [5, 5.41) is 37.0. The van der Waals surface area contributed by atoms with Crippen molar-refractivity contribution in [1.82, 2.24) is 0 Å². The minimum Gasteiger partial charge on any atom is -0.396 e. The number of ether oxygens (including phenoxy) is 1. The van der Waals surface area contributed by atoms with Gasteiger partial charge >= 0.3 is 0 Å². The Hall–Kier alpha value is -0.200. The van der Waals surface area contributed by atoms with E-state index in [1.165, 1.54) is 7.11 Å². The topological polar surface area (TPSA) is 90.2 Å². The van der Waals surface area contributed by atoms with Gasteiger partial charge in [0.05, 0.1) is 12.2 Å². The molecule has 5 nitrogen and oxygen atoms in total. The fourth-order valence-electron chi connectivity index (χ4n) is 1.70. The quantitative estimate of drug-likeness (QED) is 0.454. The van der Waals surface area contributed by atoms with Crippen LogP contribution in [0.2, 0.25) is 0 Å². The molecule has 0 saturated heterocycles. The number of hydrogen-bond acceptors (Lipinski definition) is 5. The smallest absolute Gasteiger partial charge is 0.109 e. The summed E-state index contributed by atoms with van der Waals surface area (Å²) in [5.41, 5.74) is 0. The van der Waals surface area contributed by atoms with Gasteiger partial charge in [0.15, 0.2) is 0 Å². The molecule has 0 aliphatic heterocycles. The average molecular weight is 208 g/mol. The number of rotatable bonds is 2. The molecule has 0 heterocycles. The Morgan fingerprint density at radius 1 is 1.14 bits per heavy atom. The second kappa shape index (κ2) is 5.63. The fourth-order valence-corrected chi connectivity index (χ4v) is 1.70. The summed E-state index contributed by atoms with van der Waals surface area (Å²) in [6, 6.07) is 0. The van der Waals surface area contributed by atoms with Gasteiger partial charge in [-0.25, -0.2) is 0 Å². The van der Waals surface area contributed by atoms with Crippen molar-refractivity contribution in [2.24, 2.45) is 5.92 Å². The van der Waals surface area contributed by atoms with Crippen LogP contribution in [0.5, 0.6) is 0 Å². The van der Waals surface area contributed by atoms with Crippen LogP contribution in [0.15, 0.2) is 0 Å². The summed E-state index contributed by atoms with van der Waals surface area (Å²) in [6.45, 7) is -0.217. The van der Waals surface area contributed by atoms with E-state index < -0.39 is 30.3 Å². The first-order chi connectivity index (χ1) is 6.11. The monoisotopic (exact) mass is 208 g/mol. The van der Waals surface area contributed by atoms with Crippen molar-refractivity contribution in [3.05, 3.63) is 0 Å². The van der Waals surface area contributed by atoms with Crippen LogP contribution in [0.25, 0.3) is 0 Å². The van der Waals surface area contributed by atoms with E-state index in [1.54, 1.807) is 0 Å². The first-order valence-electron chi connectivity index (χ1n) is 4.29. The molecule has 1 aliphatic rings. The lowest BCUT2D eigenvalue weighted by molar-refractivity contribution is -0.170. The van der Waals surface area contributed by atoms with Gasteiger partial charge < -0.3 is 25.2 Å². The summed E-state index contributed by atoms with van der Waals surface area (Å²) in [7, 11) is 1.42. The average Bonchev–Trinajstić information content (AvgIpc) is 2.15. The Labute approximate surface area is 83.9 Å². The third-order valence-corrected chi connectivity index (χ3v) is 2.64. The fraction of sp³-hybridized carbons (Fsp3) is 1.00. The molecule has 0 aromatic rings. The van der Waals surface area contributed by atoms with Gasteiger partial charge in [0, 0.05) is 19.6 Å². The Kier molecular flexibility index (Phi) is 5.54. The zero-order chi connectivity index (χ0) is 10.0. The van der Waals surface area contributed by atoms with Gasteiger partial charge in [-0.1, -0.05) is 7.43 Å². The van der Waals surface area contributed by atoms with E-state index in [0.717, 1.165) is 0 Å². The Balaban J connectivity index is 0.00000169. The summed E-state index contributed by atoms with van der Waals surface area (Å²) >= 11 is 0. The van der Waals surface area contributed by atoms with E-state index in [1.807, 2.05) is 0 Å². The molecule has 5 atom stereocenters. The van der Waals surface area contributed by atoms with E-state index >= 15 is 0 Å². The van der Waals surface area contributed by atoms with Gasteiger partial charge in [-0.3, -0.25) is 0 Å². The molecule has 1 saturated carbocycles. The van der Waals surface area contributed by atoms with Gasteiger partial charge in [-0.15, -0.1) is 0 Å². The molecule has 4 N–H and O–H groups in total. The minimum absolute atomic E-state index is 0. The summed E-state index contributed by atoms with van der Waals surface area (Å²) in [5.74, 6) is -0.427. The lowest BCUT2D eigenvalue weighted by Crippen LogP contribution is -2.54. The van der Waals surface area contributed by atoms with Crippen LogP contribution >= 0.6 is 0 Å². The zero-order valence-corrected chi connectivity index (χ0v) is 7.50. The highest BCUT2D eigenvalue weighted by Gasteiger charge is 2.42. The van der Waals surface area contributed by atoms with Crippen molar-refractivity contribution >= 4 is 0 Å². The summed E-state index contributed by atoms with van der Waals surface area (Å²) in [6.07, 6.45) is -3.56. The van der Waals surface area contributed by atoms with Crippen molar-refractivity contribution in [3.63, 3.8) is 0 Å². The van der Waals surface area contributed by atoms with Crippen molar-refractivity contribution < 1.29 is 25.2 Å². The van der Waals surface area contributed by atoms with Crippen LogP contribution in [-0.4, -0.2) is 58.6 Å². The van der Waals surface area contributed by atoms with Crippen LogP contribution in [0.1, 0.15) is 13.8 Å². The van der Waals surface area contributed by atoms with E-state index in [4.69, 9.17) is 9.84 Å². The predicted molar refractivity (Wildman–Crippen MR) is 50.7 cm³/mol. The largest absolute Gasteiger partial charge is 0.396 e. The molecular formula is C9H20O5. The lowest BCUT2D eigenvalue weighted by Gasteiger charge is -2.38. The van der Waals surface area contributed by atoms with Crippen LogP contribution in [0, 0.1) is 5.92 Å². The predicted octanol–water partition coefficient (Wildman–Crippen LogP) is -1.27. The second-order valence-electron chi connectivity index (χ2n) is 3.42. The normalized spacial score (nSPS) is 43.1. The molecule has 5 heteroatoms. The van der Waals surface area contributed by atoms with Crippen molar-refractivity contribution in [3.8, 4) is 0 Å². The number of aliphatic hydroxyl groups is 4. The molecular weight excluding hydrogens is 188 g/mol. The molecule has 5 unspecified atom stereocenters. The number of methoxy groups -OCH3 is 1. The summed E-state index contributed by atoms with van der Waals surface area (Å²) in [4.78, 5) is 0. The molecule has 0 bridgehead atoms. The maximum atomic E-state index is 9.40. The van der Waals surface area contributed by atoms with Crippen molar-refractivity contribution in [2.75, 3.05) is 13.7 Å². The Morgan fingerprint density at radius 3 is 2.14 bits per heavy atom. The maximum absolute atomic E-state index is 9.40. The van der Waals surface area contributed by atoms with E-state index in [-0.39, 0.29) is 14.0 Å². The van der Waals surface area contributed by atoms with Crippen LogP contribution in [0.3, 0.4) is 0 Å². The van der Waals surface area contributed by atoms with Gasteiger partial charge in [-0.05, 0) is 6.42 Å². The maximum Gasteiger partial charge on any atom is 0.109 e. The molecule has 0 aromatic heterocycles. The Bertz CT molecular complexity index is 143. The molecule has 1 fully saturated rings. The van der Waals surface area contributed by atoms with Crippen LogP contribution < -0.4 is 0 Å².